The molecule has 0 unspecified atom stereocenters. The minimum Gasteiger partial charge on any atom is -0.477 e. The van der Waals surface area contributed by atoms with Gasteiger partial charge in [0.15, 0.2) is 6.54 Å². The van der Waals surface area contributed by atoms with E-state index in [1.54, 1.807) is 0 Å². The Morgan fingerprint density at radius 3 is 1.91 bits per heavy atom. The van der Waals surface area contributed by atoms with E-state index in [1.807, 2.05) is 59.5 Å². The molecule has 2 aliphatic rings. The largest absolute Gasteiger partial charge is 0.477 e. The molecule has 2 fully saturated rings. The fourth-order valence-corrected chi connectivity index (χ4v) is 5.90. The molecule has 2 saturated heterocycles. The van der Waals surface area contributed by atoms with Gasteiger partial charge in [0.25, 0.3) is 0 Å². The minimum absolute atomic E-state index is 0.0519. The molecular formula is C29H32N3O3+. The lowest BCUT2D eigenvalue weighted by molar-refractivity contribution is -0.939. The van der Waals surface area contributed by atoms with Crippen LogP contribution in [0.4, 0.5) is 4.79 Å². The number of piperidine rings is 1. The molecule has 180 valence electrons. The van der Waals surface area contributed by atoms with Gasteiger partial charge in [-0.05, 0) is 11.1 Å². The molecular weight excluding hydrogens is 438 g/mol. The number of carbonyl (C=O) groups is 2. The smallest absolute Gasteiger partial charge is 0.359 e. The number of rotatable bonds is 7. The van der Waals surface area contributed by atoms with E-state index in [1.165, 1.54) is 0 Å². The molecule has 0 bridgehead atoms. The number of carboxylic acids is 1. The first kappa shape index (κ1) is 23.1. The predicted molar refractivity (Wildman–Crippen MR) is 135 cm³/mol. The molecule has 0 aliphatic carbocycles. The van der Waals surface area contributed by atoms with Crippen LogP contribution in [-0.2, 0) is 16.9 Å². The van der Waals surface area contributed by atoms with Crippen molar-refractivity contribution in [2.75, 3.05) is 26.2 Å². The van der Waals surface area contributed by atoms with E-state index in [-0.39, 0.29) is 18.6 Å². The standard InChI is InChI=1S/C29H31N3O3/c33-27(34)21-32(20-23-10-4-1-5-11-23)18-16-26(17-19-32)31-22-29(30-28(31)35,24-12-6-2-7-13-24)25-14-8-3-9-15-25/h1-15,26H,16-22H2,(H-,30,33,34,35)/p+1. The second-order valence-electron chi connectivity index (χ2n) is 9.91. The maximum atomic E-state index is 13.4. The van der Waals surface area contributed by atoms with Crippen LogP contribution in [0.3, 0.4) is 0 Å². The van der Waals surface area contributed by atoms with Crippen LogP contribution in [0.15, 0.2) is 91.0 Å². The Kier molecular flexibility index (Phi) is 6.31. The zero-order valence-corrected chi connectivity index (χ0v) is 19.8. The summed E-state index contributed by atoms with van der Waals surface area (Å²) in [6, 6.07) is 30.5. The second kappa shape index (κ2) is 9.55. The van der Waals surface area contributed by atoms with Crippen LogP contribution in [0.25, 0.3) is 0 Å². The summed E-state index contributed by atoms with van der Waals surface area (Å²) in [5.74, 6) is -0.773. The minimum atomic E-state index is -0.773. The Balaban J connectivity index is 1.37. The number of urea groups is 1. The third-order valence-corrected chi connectivity index (χ3v) is 7.67. The predicted octanol–water partition coefficient (Wildman–Crippen LogP) is 4.22. The Hall–Kier alpha value is -3.64. The van der Waals surface area contributed by atoms with E-state index >= 15 is 0 Å². The molecule has 0 radical (unpaired) electrons. The van der Waals surface area contributed by atoms with E-state index in [4.69, 9.17) is 0 Å². The summed E-state index contributed by atoms with van der Waals surface area (Å²) < 4.78 is 0.522. The van der Waals surface area contributed by atoms with Gasteiger partial charge in [-0.15, -0.1) is 0 Å². The van der Waals surface area contributed by atoms with Gasteiger partial charge >= 0.3 is 12.0 Å². The summed E-state index contributed by atoms with van der Waals surface area (Å²) in [5, 5.41) is 13.0. The number of amides is 2. The highest BCUT2D eigenvalue weighted by Crippen LogP contribution is 2.37. The number of nitrogens with zero attached hydrogens (tertiary/aromatic N) is 2. The number of hydrogen-bond donors (Lipinski definition) is 2. The molecule has 6 heteroatoms. The van der Waals surface area contributed by atoms with Gasteiger partial charge < -0.3 is 19.8 Å². The summed E-state index contributed by atoms with van der Waals surface area (Å²) >= 11 is 0. The molecule has 0 spiro atoms. The summed E-state index contributed by atoms with van der Waals surface area (Å²) in [5.41, 5.74) is 2.68. The zero-order chi connectivity index (χ0) is 24.3. The highest BCUT2D eigenvalue weighted by Gasteiger charge is 2.49. The summed E-state index contributed by atoms with van der Waals surface area (Å²) in [6.07, 6.45) is 1.57. The van der Waals surface area contributed by atoms with E-state index in [0.717, 1.165) is 42.6 Å². The van der Waals surface area contributed by atoms with Gasteiger partial charge in [-0.25, -0.2) is 9.59 Å². The van der Waals surface area contributed by atoms with Crippen LogP contribution >= 0.6 is 0 Å². The van der Waals surface area contributed by atoms with Crippen molar-refractivity contribution in [3.8, 4) is 0 Å². The van der Waals surface area contributed by atoms with Crippen LogP contribution in [0.1, 0.15) is 29.5 Å². The van der Waals surface area contributed by atoms with Crippen molar-refractivity contribution < 1.29 is 19.2 Å². The normalized spacial score (nSPS) is 23.6. The first-order valence-electron chi connectivity index (χ1n) is 12.3. The number of carboxylic acid groups (broad SMARTS) is 1. The van der Waals surface area contributed by atoms with Gasteiger partial charge in [-0.2, -0.15) is 0 Å². The van der Waals surface area contributed by atoms with Gasteiger partial charge in [0.05, 0.1) is 19.6 Å². The van der Waals surface area contributed by atoms with Crippen molar-refractivity contribution in [2.24, 2.45) is 0 Å². The van der Waals surface area contributed by atoms with Gasteiger partial charge in [-0.3, -0.25) is 0 Å². The Bertz CT molecular complexity index is 1120. The molecule has 6 nitrogen and oxygen atoms in total. The van der Waals surface area contributed by atoms with Crippen molar-refractivity contribution in [3.63, 3.8) is 0 Å². The monoisotopic (exact) mass is 470 g/mol. The first-order chi connectivity index (χ1) is 17.0. The van der Waals surface area contributed by atoms with Crippen molar-refractivity contribution >= 4 is 12.0 Å². The fourth-order valence-electron chi connectivity index (χ4n) is 5.90. The summed E-state index contributed by atoms with van der Waals surface area (Å²) in [4.78, 5) is 27.1. The highest BCUT2D eigenvalue weighted by molar-refractivity contribution is 5.80. The van der Waals surface area contributed by atoms with Crippen LogP contribution in [-0.4, -0.2) is 58.7 Å². The van der Waals surface area contributed by atoms with Crippen molar-refractivity contribution in [2.45, 2.75) is 31.0 Å². The lowest BCUT2D eigenvalue weighted by Crippen LogP contribution is -2.58. The van der Waals surface area contributed by atoms with Crippen molar-refractivity contribution in [1.29, 1.82) is 0 Å². The molecule has 0 atom stereocenters. The molecule has 2 aliphatic heterocycles. The van der Waals surface area contributed by atoms with Crippen molar-refractivity contribution in [1.82, 2.24) is 10.2 Å². The van der Waals surface area contributed by atoms with Crippen LogP contribution in [0.2, 0.25) is 0 Å². The van der Waals surface area contributed by atoms with E-state index in [2.05, 4.69) is 41.7 Å². The second-order valence-corrected chi connectivity index (χ2v) is 9.91. The molecule has 35 heavy (non-hydrogen) atoms. The molecule has 0 saturated carbocycles. The molecule has 3 aromatic rings. The molecule has 2 amide bonds. The number of aliphatic carboxylic acids is 1. The fraction of sp³-hybridized carbons (Fsp3) is 0.310. The lowest BCUT2D eigenvalue weighted by Gasteiger charge is -2.44. The number of benzene rings is 3. The third-order valence-electron chi connectivity index (χ3n) is 7.67. The average Bonchev–Trinajstić information content (AvgIpc) is 3.24. The van der Waals surface area contributed by atoms with Gasteiger partial charge in [0.2, 0.25) is 0 Å². The zero-order valence-electron chi connectivity index (χ0n) is 19.8. The Morgan fingerprint density at radius 2 is 1.40 bits per heavy atom. The van der Waals surface area contributed by atoms with Gasteiger partial charge in [0.1, 0.15) is 12.1 Å². The number of nitrogens with one attached hydrogen (secondary N) is 1. The van der Waals surface area contributed by atoms with Gasteiger partial charge in [-0.1, -0.05) is 91.0 Å². The number of hydrogen-bond acceptors (Lipinski definition) is 2. The van der Waals surface area contributed by atoms with Crippen molar-refractivity contribution in [3.05, 3.63) is 108 Å². The Labute approximate surface area is 206 Å². The maximum Gasteiger partial charge on any atom is 0.359 e. The first-order valence-corrected chi connectivity index (χ1v) is 12.3. The highest BCUT2D eigenvalue weighted by atomic mass is 16.4. The van der Waals surface area contributed by atoms with E-state index in [9.17, 15) is 14.7 Å². The maximum absolute atomic E-state index is 13.4. The number of carbonyl (C=O) groups excluding carboxylic acids is 1. The summed E-state index contributed by atoms with van der Waals surface area (Å²) in [6.45, 7) is 2.83. The quantitative estimate of drug-likeness (QED) is 0.508. The van der Waals surface area contributed by atoms with Crippen LogP contribution in [0.5, 0.6) is 0 Å². The molecule has 0 aromatic heterocycles. The van der Waals surface area contributed by atoms with Crippen LogP contribution < -0.4 is 5.32 Å². The Morgan fingerprint density at radius 1 is 0.886 bits per heavy atom. The van der Waals surface area contributed by atoms with E-state index < -0.39 is 11.5 Å². The lowest BCUT2D eigenvalue weighted by atomic mass is 9.83. The average molecular weight is 471 g/mol. The molecule has 3 aromatic carbocycles. The number of quaternary nitrogens is 1. The topological polar surface area (TPSA) is 69.6 Å². The third kappa shape index (κ3) is 4.66. The number of likely N-dealkylation sites (tertiary alicyclic amines) is 1. The van der Waals surface area contributed by atoms with E-state index in [0.29, 0.717) is 17.6 Å². The molecule has 2 N–H and O–H groups in total. The van der Waals surface area contributed by atoms with Crippen LogP contribution in [0, 0.1) is 0 Å². The molecule has 5 rings (SSSR count). The SMILES string of the molecule is O=C(O)C[N+]1(Cc2ccccc2)CCC(N2CC(c3ccccc3)(c3ccccc3)NC2=O)CC1. The molecule has 2 heterocycles. The summed E-state index contributed by atoms with van der Waals surface area (Å²) in [7, 11) is 0. The van der Waals surface area contributed by atoms with Gasteiger partial charge in [0, 0.05) is 24.4 Å².